The van der Waals surface area contributed by atoms with E-state index < -0.39 is 12.1 Å². The topological polar surface area (TPSA) is 130 Å². The summed E-state index contributed by atoms with van der Waals surface area (Å²) < 4.78 is 1.71. The number of aliphatic hydroxyl groups is 1. The van der Waals surface area contributed by atoms with Crippen molar-refractivity contribution in [1.29, 1.82) is 0 Å². The second-order valence-electron chi connectivity index (χ2n) is 7.81. The number of carbonyl (C=O) groups is 1. The van der Waals surface area contributed by atoms with Crippen molar-refractivity contribution in [2.24, 2.45) is 0 Å². The van der Waals surface area contributed by atoms with Crippen molar-refractivity contribution in [2.75, 3.05) is 0 Å². The summed E-state index contributed by atoms with van der Waals surface area (Å²) in [5, 5.41) is 34.5. The fourth-order valence-corrected chi connectivity index (χ4v) is 3.93. The summed E-state index contributed by atoms with van der Waals surface area (Å²) in [6, 6.07) is 15.7. The van der Waals surface area contributed by atoms with E-state index in [1.54, 1.807) is 11.5 Å². The Labute approximate surface area is 191 Å². The zero-order valence-corrected chi connectivity index (χ0v) is 18.6. The molecule has 1 unspecified atom stereocenters. The van der Waals surface area contributed by atoms with Gasteiger partial charge in [0.1, 0.15) is 11.5 Å². The van der Waals surface area contributed by atoms with Crippen molar-refractivity contribution >= 4 is 5.97 Å². The molecule has 0 saturated carbocycles. The fraction of sp³-hybridized carbons (Fsp3) is 0.292. The Balaban J connectivity index is 1.69. The van der Waals surface area contributed by atoms with Crippen molar-refractivity contribution in [3.05, 3.63) is 71.3 Å². The van der Waals surface area contributed by atoms with E-state index in [1.165, 1.54) is 0 Å². The Bertz CT molecular complexity index is 1230. The standard InChI is InChI=1S/C24H26N6O3/c1-3-7-20-25-21(19(31)4-2)22(24(32)33)30(20)14-15-10-12-16(13-11-15)17-8-5-6-9-18(17)23-26-28-29-27-23/h5-6,8-13,19,31H,3-4,7,14H2,1-2H3,(H,32,33)(H,26,27,28,29). The number of aliphatic hydroxyl groups excluding tert-OH is 1. The molecule has 4 aromatic rings. The minimum Gasteiger partial charge on any atom is -0.477 e. The Morgan fingerprint density at radius 3 is 2.42 bits per heavy atom. The van der Waals surface area contributed by atoms with Crippen LogP contribution < -0.4 is 0 Å². The number of H-pyrrole nitrogens is 1. The molecule has 4 rings (SSSR count). The Morgan fingerprint density at radius 2 is 1.82 bits per heavy atom. The van der Waals surface area contributed by atoms with E-state index >= 15 is 0 Å². The van der Waals surface area contributed by atoms with Gasteiger partial charge in [-0.15, -0.1) is 10.2 Å². The van der Waals surface area contributed by atoms with Crippen LogP contribution in [0, 0.1) is 0 Å². The van der Waals surface area contributed by atoms with Crippen LogP contribution in [0.25, 0.3) is 22.5 Å². The van der Waals surface area contributed by atoms with Gasteiger partial charge in [-0.25, -0.2) is 9.78 Å². The number of carboxylic acids is 1. The lowest BCUT2D eigenvalue weighted by molar-refractivity contribution is 0.0676. The van der Waals surface area contributed by atoms with Gasteiger partial charge in [-0.2, -0.15) is 5.21 Å². The highest BCUT2D eigenvalue weighted by molar-refractivity contribution is 5.87. The third-order valence-electron chi connectivity index (χ3n) is 5.57. The number of tetrazole rings is 1. The summed E-state index contributed by atoms with van der Waals surface area (Å²) in [6.45, 7) is 4.18. The number of carboxylic acid groups (broad SMARTS) is 1. The van der Waals surface area contributed by atoms with Crippen molar-refractivity contribution in [3.8, 4) is 22.5 Å². The van der Waals surface area contributed by atoms with Gasteiger partial charge in [0.15, 0.2) is 5.69 Å². The van der Waals surface area contributed by atoms with Gasteiger partial charge in [0.25, 0.3) is 0 Å². The highest BCUT2D eigenvalue weighted by Crippen LogP contribution is 2.30. The first-order valence-electron chi connectivity index (χ1n) is 11.0. The van der Waals surface area contributed by atoms with Gasteiger partial charge >= 0.3 is 5.97 Å². The lowest BCUT2D eigenvalue weighted by Gasteiger charge is -2.12. The van der Waals surface area contributed by atoms with Gasteiger partial charge in [0.05, 0.1) is 6.10 Å². The van der Waals surface area contributed by atoms with E-state index in [4.69, 9.17) is 0 Å². The summed E-state index contributed by atoms with van der Waals surface area (Å²) in [5.74, 6) is 0.104. The number of nitrogens with one attached hydrogen (secondary N) is 1. The zero-order valence-electron chi connectivity index (χ0n) is 18.6. The Hall–Kier alpha value is -3.85. The molecule has 1 atom stereocenters. The Morgan fingerprint density at radius 1 is 1.09 bits per heavy atom. The molecule has 2 aromatic carbocycles. The maximum Gasteiger partial charge on any atom is 0.354 e. The number of benzene rings is 2. The predicted octanol–water partition coefficient (Wildman–Crippen LogP) is 3.87. The third kappa shape index (κ3) is 4.54. The molecule has 33 heavy (non-hydrogen) atoms. The Kier molecular flexibility index (Phi) is 6.60. The molecule has 0 saturated heterocycles. The van der Waals surface area contributed by atoms with Crippen LogP contribution in [0.4, 0.5) is 0 Å². The number of hydrogen-bond donors (Lipinski definition) is 3. The van der Waals surface area contributed by atoms with Gasteiger partial charge in [-0.05, 0) is 34.7 Å². The number of aromatic nitrogens is 6. The molecule has 0 fully saturated rings. The summed E-state index contributed by atoms with van der Waals surface area (Å²) >= 11 is 0. The number of aromatic carboxylic acids is 1. The van der Waals surface area contributed by atoms with Crippen LogP contribution in [0.1, 0.15) is 60.4 Å². The molecule has 0 aliphatic rings. The summed E-state index contributed by atoms with van der Waals surface area (Å²) in [7, 11) is 0. The normalized spacial score (nSPS) is 12.1. The van der Waals surface area contributed by atoms with Crippen molar-refractivity contribution < 1.29 is 15.0 Å². The van der Waals surface area contributed by atoms with E-state index in [0.717, 1.165) is 28.7 Å². The highest BCUT2D eigenvalue weighted by Gasteiger charge is 2.26. The number of rotatable bonds is 9. The largest absolute Gasteiger partial charge is 0.477 e. The molecular formula is C24H26N6O3. The van der Waals surface area contributed by atoms with Gasteiger partial charge < -0.3 is 14.8 Å². The quantitative estimate of drug-likeness (QED) is 0.356. The molecule has 0 aliphatic carbocycles. The van der Waals surface area contributed by atoms with Gasteiger partial charge in [-0.1, -0.05) is 62.4 Å². The van der Waals surface area contributed by atoms with Crippen molar-refractivity contribution in [3.63, 3.8) is 0 Å². The SMILES string of the molecule is CCCc1nc(C(O)CC)c(C(=O)O)n1Cc1ccc(-c2ccccc2-c2nn[nH]n2)cc1. The first kappa shape index (κ1) is 22.3. The monoisotopic (exact) mass is 446 g/mol. The van der Waals surface area contributed by atoms with Crippen molar-refractivity contribution in [1.82, 2.24) is 30.2 Å². The van der Waals surface area contributed by atoms with Gasteiger partial charge in [0, 0.05) is 18.5 Å². The van der Waals surface area contributed by atoms with Crippen LogP contribution in [0.5, 0.6) is 0 Å². The first-order valence-corrected chi connectivity index (χ1v) is 11.0. The lowest BCUT2D eigenvalue weighted by Crippen LogP contribution is -2.14. The molecule has 3 N–H and O–H groups in total. The summed E-state index contributed by atoms with van der Waals surface area (Å²) in [5.41, 5.74) is 4.05. The van der Waals surface area contributed by atoms with Gasteiger partial charge in [-0.3, -0.25) is 0 Å². The lowest BCUT2D eigenvalue weighted by atomic mass is 9.98. The molecule has 0 aliphatic heterocycles. The fourth-order valence-electron chi connectivity index (χ4n) is 3.93. The van der Waals surface area contributed by atoms with E-state index in [-0.39, 0.29) is 11.4 Å². The third-order valence-corrected chi connectivity index (χ3v) is 5.57. The van der Waals surface area contributed by atoms with E-state index in [9.17, 15) is 15.0 Å². The van der Waals surface area contributed by atoms with Crippen LogP contribution in [0.3, 0.4) is 0 Å². The van der Waals surface area contributed by atoms with Gasteiger partial charge in [0.2, 0.25) is 5.82 Å². The van der Waals surface area contributed by atoms with Crippen LogP contribution in [-0.4, -0.2) is 46.4 Å². The van der Waals surface area contributed by atoms with Crippen LogP contribution >= 0.6 is 0 Å². The zero-order chi connectivity index (χ0) is 23.4. The molecular weight excluding hydrogens is 420 g/mol. The summed E-state index contributed by atoms with van der Waals surface area (Å²) in [4.78, 5) is 16.6. The molecule has 0 amide bonds. The summed E-state index contributed by atoms with van der Waals surface area (Å²) in [6.07, 6.45) is 0.949. The maximum atomic E-state index is 12.1. The highest BCUT2D eigenvalue weighted by atomic mass is 16.4. The molecule has 2 aromatic heterocycles. The molecule has 0 bridgehead atoms. The van der Waals surface area contributed by atoms with E-state index in [1.807, 2.05) is 55.5 Å². The number of imidazole rings is 1. The second kappa shape index (κ2) is 9.74. The average molecular weight is 447 g/mol. The first-order chi connectivity index (χ1) is 16.0. The molecule has 9 heteroatoms. The van der Waals surface area contributed by atoms with E-state index in [0.29, 0.717) is 31.0 Å². The molecule has 170 valence electrons. The number of aryl methyl sites for hydroxylation is 1. The van der Waals surface area contributed by atoms with Crippen molar-refractivity contribution in [2.45, 2.75) is 45.8 Å². The number of aromatic amines is 1. The van der Waals surface area contributed by atoms with E-state index in [2.05, 4.69) is 25.6 Å². The molecule has 0 radical (unpaired) electrons. The number of nitrogens with zero attached hydrogens (tertiary/aromatic N) is 5. The average Bonchev–Trinajstić information content (AvgIpc) is 3.48. The molecule has 0 spiro atoms. The molecule has 2 heterocycles. The minimum absolute atomic E-state index is 0.0549. The molecule has 9 nitrogen and oxygen atoms in total. The number of hydrogen-bond acceptors (Lipinski definition) is 6. The van der Waals surface area contributed by atoms with Crippen LogP contribution in [-0.2, 0) is 13.0 Å². The van der Waals surface area contributed by atoms with Crippen LogP contribution in [0.2, 0.25) is 0 Å². The predicted molar refractivity (Wildman–Crippen MR) is 123 cm³/mol. The minimum atomic E-state index is -1.09. The second-order valence-corrected chi connectivity index (χ2v) is 7.81. The van der Waals surface area contributed by atoms with Crippen LogP contribution in [0.15, 0.2) is 48.5 Å². The smallest absolute Gasteiger partial charge is 0.354 e. The maximum absolute atomic E-state index is 12.1.